The first kappa shape index (κ1) is 13.4. The van der Waals surface area contributed by atoms with Gasteiger partial charge in [-0.3, -0.25) is 4.79 Å². The second kappa shape index (κ2) is 5.29. The Morgan fingerprint density at radius 3 is 2.67 bits per heavy atom. The standard InChI is InChI=1S/C14H18ClNO2/c1-16(9-11-4-2-3-5-12(11)15)10-14(6-7-14)8-13(17)18/h2-5H,6-10H2,1H3,(H,17,18). The third-order valence-corrected chi connectivity index (χ3v) is 3.86. The van der Waals surface area contributed by atoms with Crippen LogP contribution in [0.15, 0.2) is 24.3 Å². The van der Waals surface area contributed by atoms with Crippen LogP contribution in [-0.2, 0) is 11.3 Å². The molecule has 1 aromatic carbocycles. The van der Waals surface area contributed by atoms with E-state index in [1.807, 2.05) is 31.3 Å². The van der Waals surface area contributed by atoms with E-state index in [1.54, 1.807) is 0 Å². The Labute approximate surface area is 112 Å². The highest BCUT2D eigenvalue weighted by atomic mass is 35.5. The molecule has 1 aliphatic rings. The maximum absolute atomic E-state index is 10.8. The van der Waals surface area contributed by atoms with Gasteiger partial charge in [0.05, 0.1) is 6.42 Å². The lowest BCUT2D eigenvalue weighted by Gasteiger charge is -2.23. The monoisotopic (exact) mass is 267 g/mol. The van der Waals surface area contributed by atoms with E-state index in [9.17, 15) is 4.79 Å². The van der Waals surface area contributed by atoms with Crippen molar-refractivity contribution >= 4 is 17.6 Å². The molecule has 0 unspecified atom stereocenters. The van der Waals surface area contributed by atoms with Gasteiger partial charge < -0.3 is 10.0 Å². The summed E-state index contributed by atoms with van der Waals surface area (Å²) in [5.74, 6) is -0.696. The van der Waals surface area contributed by atoms with Crippen LogP contribution in [0.4, 0.5) is 0 Å². The molecule has 1 N–H and O–H groups in total. The SMILES string of the molecule is CN(Cc1ccccc1Cl)CC1(CC(=O)O)CC1. The molecule has 18 heavy (non-hydrogen) atoms. The Morgan fingerprint density at radius 2 is 2.11 bits per heavy atom. The topological polar surface area (TPSA) is 40.5 Å². The van der Waals surface area contributed by atoms with E-state index in [0.717, 1.165) is 36.5 Å². The zero-order valence-electron chi connectivity index (χ0n) is 10.5. The van der Waals surface area contributed by atoms with Crippen molar-refractivity contribution in [3.8, 4) is 0 Å². The molecule has 1 saturated carbocycles. The minimum atomic E-state index is -0.696. The largest absolute Gasteiger partial charge is 0.481 e. The van der Waals surface area contributed by atoms with Gasteiger partial charge in [0, 0.05) is 18.1 Å². The van der Waals surface area contributed by atoms with Crippen LogP contribution in [0, 0.1) is 5.41 Å². The van der Waals surface area contributed by atoms with Crippen molar-refractivity contribution in [2.45, 2.75) is 25.8 Å². The first-order valence-electron chi connectivity index (χ1n) is 6.15. The number of aliphatic carboxylic acids is 1. The van der Waals surface area contributed by atoms with Crippen molar-refractivity contribution in [2.24, 2.45) is 5.41 Å². The number of nitrogens with zero attached hydrogens (tertiary/aromatic N) is 1. The van der Waals surface area contributed by atoms with Gasteiger partial charge in [-0.25, -0.2) is 0 Å². The Morgan fingerprint density at radius 1 is 1.44 bits per heavy atom. The quantitative estimate of drug-likeness (QED) is 0.861. The van der Waals surface area contributed by atoms with Crippen molar-refractivity contribution < 1.29 is 9.90 Å². The van der Waals surface area contributed by atoms with Crippen molar-refractivity contribution in [3.05, 3.63) is 34.9 Å². The first-order chi connectivity index (χ1) is 8.51. The van der Waals surface area contributed by atoms with E-state index in [4.69, 9.17) is 16.7 Å². The number of carbonyl (C=O) groups is 1. The molecule has 0 heterocycles. The predicted molar refractivity (Wildman–Crippen MR) is 71.7 cm³/mol. The molecule has 0 radical (unpaired) electrons. The summed E-state index contributed by atoms with van der Waals surface area (Å²) in [6, 6.07) is 7.78. The molecule has 3 nitrogen and oxygen atoms in total. The van der Waals surface area contributed by atoms with Gasteiger partial charge >= 0.3 is 5.97 Å². The van der Waals surface area contributed by atoms with E-state index >= 15 is 0 Å². The molecule has 0 aromatic heterocycles. The molecule has 0 atom stereocenters. The highest BCUT2D eigenvalue weighted by molar-refractivity contribution is 6.31. The zero-order valence-corrected chi connectivity index (χ0v) is 11.3. The van der Waals surface area contributed by atoms with Gasteiger partial charge in [0.25, 0.3) is 0 Å². The zero-order chi connectivity index (χ0) is 13.2. The van der Waals surface area contributed by atoms with E-state index in [-0.39, 0.29) is 11.8 Å². The van der Waals surface area contributed by atoms with E-state index in [1.165, 1.54) is 0 Å². The predicted octanol–water partition coefficient (Wildman–Crippen LogP) is 3.03. The summed E-state index contributed by atoms with van der Waals surface area (Å²) in [7, 11) is 2.02. The average molecular weight is 268 g/mol. The molecular weight excluding hydrogens is 250 g/mol. The summed E-state index contributed by atoms with van der Waals surface area (Å²) in [6.07, 6.45) is 2.32. The van der Waals surface area contributed by atoms with Crippen LogP contribution in [-0.4, -0.2) is 29.6 Å². The van der Waals surface area contributed by atoms with Gasteiger partial charge in [0.2, 0.25) is 0 Å². The molecule has 4 heteroatoms. The van der Waals surface area contributed by atoms with Gasteiger partial charge in [-0.1, -0.05) is 29.8 Å². The maximum atomic E-state index is 10.8. The van der Waals surface area contributed by atoms with Crippen LogP contribution in [0.2, 0.25) is 5.02 Å². The summed E-state index contributed by atoms with van der Waals surface area (Å²) in [4.78, 5) is 13.0. The highest BCUT2D eigenvalue weighted by Crippen LogP contribution is 2.49. The lowest BCUT2D eigenvalue weighted by molar-refractivity contribution is -0.138. The van der Waals surface area contributed by atoms with E-state index in [0.29, 0.717) is 0 Å². The maximum Gasteiger partial charge on any atom is 0.303 e. The number of hydrogen-bond acceptors (Lipinski definition) is 2. The number of hydrogen-bond donors (Lipinski definition) is 1. The highest BCUT2D eigenvalue weighted by Gasteiger charge is 2.44. The average Bonchev–Trinajstić information content (AvgIpc) is 3.00. The lowest BCUT2D eigenvalue weighted by Crippen LogP contribution is -2.28. The Bertz CT molecular complexity index is 443. The molecule has 98 valence electrons. The van der Waals surface area contributed by atoms with Gasteiger partial charge in [0.15, 0.2) is 0 Å². The molecule has 2 rings (SSSR count). The number of benzene rings is 1. The fourth-order valence-electron chi connectivity index (χ4n) is 2.43. The molecule has 0 aliphatic heterocycles. The lowest BCUT2D eigenvalue weighted by atomic mass is 10.0. The molecule has 1 fully saturated rings. The van der Waals surface area contributed by atoms with E-state index < -0.39 is 5.97 Å². The fraction of sp³-hybridized carbons (Fsp3) is 0.500. The van der Waals surface area contributed by atoms with Crippen LogP contribution >= 0.6 is 11.6 Å². The van der Waals surface area contributed by atoms with Crippen molar-refractivity contribution in [1.29, 1.82) is 0 Å². The van der Waals surface area contributed by atoms with Crippen molar-refractivity contribution in [3.63, 3.8) is 0 Å². The summed E-state index contributed by atoms with van der Waals surface area (Å²) >= 11 is 6.12. The van der Waals surface area contributed by atoms with Crippen molar-refractivity contribution in [1.82, 2.24) is 4.90 Å². The van der Waals surface area contributed by atoms with Gasteiger partial charge in [-0.15, -0.1) is 0 Å². The second-order valence-corrected chi connectivity index (χ2v) is 5.74. The van der Waals surface area contributed by atoms with Crippen LogP contribution in [0.25, 0.3) is 0 Å². The minimum absolute atomic E-state index is 0.00183. The number of carboxylic acids is 1. The van der Waals surface area contributed by atoms with Gasteiger partial charge in [-0.05, 0) is 36.9 Å². The molecular formula is C14H18ClNO2. The molecule has 1 aromatic rings. The molecule has 0 saturated heterocycles. The van der Waals surface area contributed by atoms with Crippen LogP contribution in [0.1, 0.15) is 24.8 Å². The third-order valence-electron chi connectivity index (χ3n) is 3.49. The number of rotatable bonds is 6. The molecule has 0 bridgehead atoms. The second-order valence-electron chi connectivity index (χ2n) is 5.33. The summed E-state index contributed by atoms with van der Waals surface area (Å²) in [5, 5.41) is 9.67. The first-order valence-corrected chi connectivity index (χ1v) is 6.52. The van der Waals surface area contributed by atoms with Crippen LogP contribution < -0.4 is 0 Å². The van der Waals surface area contributed by atoms with E-state index in [2.05, 4.69) is 4.90 Å². The fourth-order valence-corrected chi connectivity index (χ4v) is 2.63. The van der Waals surface area contributed by atoms with Crippen LogP contribution in [0.3, 0.4) is 0 Å². The third kappa shape index (κ3) is 3.47. The number of halogens is 1. The Hall–Kier alpha value is -1.06. The summed E-state index contributed by atoms with van der Waals surface area (Å²) < 4.78 is 0. The molecule has 0 amide bonds. The summed E-state index contributed by atoms with van der Waals surface area (Å²) in [6.45, 7) is 1.59. The minimum Gasteiger partial charge on any atom is -0.481 e. The Kier molecular flexibility index (Phi) is 3.93. The van der Waals surface area contributed by atoms with Crippen molar-refractivity contribution in [2.75, 3.05) is 13.6 Å². The number of carboxylic acid groups (broad SMARTS) is 1. The molecule has 0 spiro atoms. The molecule has 1 aliphatic carbocycles. The van der Waals surface area contributed by atoms with Crippen LogP contribution in [0.5, 0.6) is 0 Å². The Balaban J connectivity index is 1.91. The smallest absolute Gasteiger partial charge is 0.303 e. The summed E-state index contributed by atoms with van der Waals surface area (Å²) in [5.41, 5.74) is 1.09. The normalized spacial score (nSPS) is 16.8. The van der Waals surface area contributed by atoms with Gasteiger partial charge in [0.1, 0.15) is 0 Å². The van der Waals surface area contributed by atoms with Gasteiger partial charge in [-0.2, -0.15) is 0 Å².